The molecule has 3 aromatic rings. The SMILES string of the molecule is Cc1cc(Nc2ccc(C#N)cc2)c2cc(N)ccc2n1. The van der Waals surface area contributed by atoms with Gasteiger partial charge in [0.2, 0.25) is 0 Å². The lowest BCUT2D eigenvalue weighted by molar-refractivity contribution is 1.25. The number of aromatic nitrogens is 1. The quantitative estimate of drug-likeness (QED) is 0.698. The fraction of sp³-hybridized carbons (Fsp3) is 0.0588. The van der Waals surface area contributed by atoms with Crippen LogP contribution in [0, 0.1) is 18.3 Å². The van der Waals surface area contributed by atoms with E-state index in [-0.39, 0.29) is 0 Å². The van der Waals surface area contributed by atoms with Crippen molar-refractivity contribution in [1.29, 1.82) is 5.26 Å². The molecule has 102 valence electrons. The normalized spacial score (nSPS) is 10.3. The molecule has 0 fully saturated rings. The Morgan fingerprint density at radius 2 is 1.86 bits per heavy atom. The number of hydrogen-bond acceptors (Lipinski definition) is 4. The van der Waals surface area contributed by atoms with E-state index in [0.717, 1.165) is 28.0 Å². The number of nitriles is 1. The fourth-order valence-electron chi connectivity index (χ4n) is 2.26. The number of nitrogens with zero attached hydrogens (tertiary/aromatic N) is 2. The second-order valence-corrected chi connectivity index (χ2v) is 4.90. The minimum Gasteiger partial charge on any atom is -0.399 e. The molecule has 4 heteroatoms. The summed E-state index contributed by atoms with van der Waals surface area (Å²) in [5, 5.41) is 13.2. The predicted octanol–water partition coefficient (Wildman–Crippen LogP) is 3.74. The first-order chi connectivity index (χ1) is 10.2. The highest BCUT2D eigenvalue weighted by Gasteiger charge is 2.05. The van der Waals surface area contributed by atoms with E-state index in [1.54, 1.807) is 12.1 Å². The molecule has 0 bridgehead atoms. The molecule has 0 saturated heterocycles. The highest BCUT2D eigenvalue weighted by molar-refractivity contribution is 5.95. The van der Waals surface area contributed by atoms with Gasteiger partial charge >= 0.3 is 0 Å². The molecular weight excluding hydrogens is 260 g/mol. The minimum absolute atomic E-state index is 0.639. The van der Waals surface area contributed by atoms with Crippen molar-refractivity contribution in [3.05, 3.63) is 59.8 Å². The van der Waals surface area contributed by atoms with Crippen molar-refractivity contribution in [1.82, 2.24) is 4.98 Å². The van der Waals surface area contributed by atoms with Crippen LogP contribution in [0.1, 0.15) is 11.3 Å². The number of fused-ring (bicyclic) bond motifs is 1. The van der Waals surface area contributed by atoms with Gasteiger partial charge in [-0.1, -0.05) is 0 Å². The Morgan fingerprint density at radius 3 is 2.57 bits per heavy atom. The largest absolute Gasteiger partial charge is 0.399 e. The number of anilines is 3. The van der Waals surface area contributed by atoms with Crippen LogP contribution in [0.3, 0.4) is 0 Å². The molecule has 3 rings (SSSR count). The molecule has 0 saturated carbocycles. The van der Waals surface area contributed by atoms with Gasteiger partial charge in [-0.25, -0.2) is 0 Å². The zero-order chi connectivity index (χ0) is 14.8. The number of nitrogen functional groups attached to an aromatic ring is 1. The number of aryl methyl sites for hydroxylation is 1. The van der Waals surface area contributed by atoms with E-state index >= 15 is 0 Å². The summed E-state index contributed by atoms with van der Waals surface area (Å²) in [6.45, 7) is 1.96. The van der Waals surface area contributed by atoms with Crippen molar-refractivity contribution in [2.45, 2.75) is 6.92 Å². The molecule has 0 aliphatic heterocycles. The Morgan fingerprint density at radius 1 is 1.10 bits per heavy atom. The third-order valence-corrected chi connectivity index (χ3v) is 3.25. The molecule has 0 unspecified atom stereocenters. The molecular formula is C17H14N4. The van der Waals surface area contributed by atoms with Crippen molar-refractivity contribution in [3.63, 3.8) is 0 Å². The highest BCUT2D eigenvalue weighted by atomic mass is 14.9. The van der Waals surface area contributed by atoms with Gasteiger partial charge in [-0.2, -0.15) is 5.26 Å². The molecule has 3 N–H and O–H groups in total. The van der Waals surface area contributed by atoms with Crippen molar-refractivity contribution in [3.8, 4) is 6.07 Å². The van der Waals surface area contributed by atoms with Crippen molar-refractivity contribution in [2.75, 3.05) is 11.1 Å². The lowest BCUT2D eigenvalue weighted by Crippen LogP contribution is -1.96. The van der Waals surface area contributed by atoms with Gasteiger partial charge in [0.05, 0.1) is 17.1 Å². The monoisotopic (exact) mass is 274 g/mol. The number of rotatable bonds is 2. The molecule has 0 atom stereocenters. The highest BCUT2D eigenvalue weighted by Crippen LogP contribution is 2.28. The van der Waals surface area contributed by atoms with Crippen LogP contribution in [0.15, 0.2) is 48.5 Å². The maximum absolute atomic E-state index is 8.83. The molecule has 0 aliphatic rings. The van der Waals surface area contributed by atoms with Gasteiger partial charge in [0.15, 0.2) is 0 Å². The van der Waals surface area contributed by atoms with Gasteiger partial charge in [0.1, 0.15) is 0 Å². The van der Waals surface area contributed by atoms with Crippen LogP contribution in [-0.2, 0) is 0 Å². The predicted molar refractivity (Wildman–Crippen MR) is 85.3 cm³/mol. The summed E-state index contributed by atoms with van der Waals surface area (Å²) < 4.78 is 0. The van der Waals surface area contributed by atoms with Crippen molar-refractivity contribution < 1.29 is 0 Å². The second kappa shape index (κ2) is 5.14. The molecule has 0 spiro atoms. The Bertz CT molecular complexity index is 845. The summed E-state index contributed by atoms with van der Waals surface area (Å²) in [5.74, 6) is 0. The second-order valence-electron chi connectivity index (χ2n) is 4.90. The molecule has 21 heavy (non-hydrogen) atoms. The Labute approximate surface area is 122 Å². The molecule has 0 amide bonds. The molecule has 0 radical (unpaired) electrons. The number of benzene rings is 2. The molecule has 2 aromatic carbocycles. The first-order valence-corrected chi connectivity index (χ1v) is 6.60. The first kappa shape index (κ1) is 12.9. The van der Waals surface area contributed by atoms with Crippen LogP contribution in [0.25, 0.3) is 10.9 Å². The Balaban J connectivity index is 2.06. The van der Waals surface area contributed by atoms with Gasteiger partial charge in [0, 0.05) is 28.1 Å². The zero-order valence-corrected chi connectivity index (χ0v) is 11.6. The standard InChI is InChI=1S/C17H14N4/c1-11-8-17(15-9-13(19)4-7-16(15)20-11)21-14-5-2-12(10-18)3-6-14/h2-9H,19H2,1H3,(H,20,21). The van der Waals surface area contributed by atoms with Crippen LogP contribution in [-0.4, -0.2) is 4.98 Å². The third-order valence-electron chi connectivity index (χ3n) is 3.25. The van der Waals surface area contributed by atoms with E-state index in [1.165, 1.54) is 0 Å². The lowest BCUT2D eigenvalue weighted by Gasteiger charge is -2.11. The minimum atomic E-state index is 0.639. The topological polar surface area (TPSA) is 74.7 Å². The van der Waals surface area contributed by atoms with E-state index < -0.39 is 0 Å². The number of hydrogen-bond donors (Lipinski definition) is 2. The van der Waals surface area contributed by atoms with Gasteiger partial charge < -0.3 is 11.1 Å². The van der Waals surface area contributed by atoms with Crippen LogP contribution >= 0.6 is 0 Å². The number of pyridine rings is 1. The molecule has 4 nitrogen and oxygen atoms in total. The summed E-state index contributed by atoms with van der Waals surface area (Å²) in [4.78, 5) is 4.51. The van der Waals surface area contributed by atoms with E-state index in [4.69, 9.17) is 11.0 Å². The van der Waals surface area contributed by atoms with Crippen molar-refractivity contribution in [2.24, 2.45) is 0 Å². The van der Waals surface area contributed by atoms with Crippen LogP contribution in [0.4, 0.5) is 17.1 Å². The lowest BCUT2D eigenvalue weighted by atomic mass is 10.1. The summed E-state index contributed by atoms with van der Waals surface area (Å²) in [7, 11) is 0. The first-order valence-electron chi connectivity index (χ1n) is 6.60. The van der Waals surface area contributed by atoms with E-state index in [0.29, 0.717) is 11.3 Å². The molecule has 1 aromatic heterocycles. The summed E-state index contributed by atoms with van der Waals surface area (Å²) in [6, 6.07) is 17.1. The average molecular weight is 274 g/mol. The summed E-state index contributed by atoms with van der Waals surface area (Å²) in [5.41, 5.74) is 10.9. The van der Waals surface area contributed by atoms with E-state index in [9.17, 15) is 0 Å². The smallest absolute Gasteiger partial charge is 0.0991 e. The van der Waals surface area contributed by atoms with Crippen LogP contribution < -0.4 is 11.1 Å². The van der Waals surface area contributed by atoms with Gasteiger partial charge in [-0.3, -0.25) is 4.98 Å². The van der Waals surface area contributed by atoms with Crippen molar-refractivity contribution >= 4 is 28.0 Å². The number of nitrogens with one attached hydrogen (secondary N) is 1. The van der Waals surface area contributed by atoms with Gasteiger partial charge in [0.25, 0.3) is 0 Å². The maximum Gasteiger partial charge on any atom is 0.0991 e. The van der Waals surface area contributed by atoms with E-state index in [2.05, 4.69) is 16.4 Å². The third kappa shape index (κ3) is 2.63. The van der Waals surface area contributed by atoms with E-state index in [1.807, 2.05) is 43.3 Å². The van der Waals surface area contributed by atoms with Gasteiger partial charge in [-0.15, -0.1) is 0 Å². The molecule has 1 heterocycles. The number of nitrogens with two attached hydrogens (primary N) is 1. The zero-order valence-electron chi connectivity index (χ0n) is 11.6. The summed E-state index contributed by atoms with van der Waals surface area (Å²) in [6.07, 6.45) is 0. The van der Waals surface area contributed by atoms with Crippen LogP contribution in [0.2, 0.25) is 0 Å². The summed E-state index contributed by atoms with van der Waals surface area (Å²) >= 11 is 0. The average Bonchev–Trinajstić information content (AvgIpc) is 2.49. The maximum atomic E-state index is 8.83. The Hall–Kier alpha value is -3.06. The van der Waals surface area contributed by atoms with Gasteiger partial charge in [-0.05, 0) is 55.5 Å². The Kier molecular flexibility index (Phi) is 3.17. The fourth-order valence-corrected chi connectivity index (χ4v) is 2.26. The molecule has 0 aliphatic carbocycles. The van der Waals surface area contributed by atoms with Crippen LogP contribution in [0.5, 0.6) is 0 Å².